The molecular weight excluding hydrogens is 304 g/mol. The molecule has 1 unspecified atom stereocenters. The molecule has 0 heterocycles. The molecule has 0 spiro atoms. The van der Waals surface area contributed by atoms with Crippen LogP contribution in [0.5, 0.6) is 0 Å². The monoisotopic (exact) mass is 324 g/mol. The van der Waals surface area contributed by atoms with Crippen molar-refractivity contribution in [1.29, 1.82) is 0 Å². The number of benzene rings is 2. The molecule has 0 saturated carbocycles. The summed E-state index contributed by atoms with van der Waals surface area (Å²) < 4.78 is 0. The minimum Gasteiger partial charge on any atom is -0.346 e. The summed E-state index contributed by atoms with van der Waals surface area (Å²) in [4.78, 5) is 22.4. The maximum atomic E-state index is 12.1. The molecule has 2 rings (SSSR count). The van der Waals surface area contributed by atoms with E-state index in [1.807, 2.05) is 32.9 Å². The summed E-state index contributed by atoms with van der Waals surface area (Å²) >= 11 is 0. The highest BCUT2D eigenvalue weighted by Crippen LogP contribution is 2.19. The molecule has 1 amide bonds. The molecule has 0 aromatic heterocycles. The van der Waals surface area contributed by atoms with Gasteiger partial charge in [0.1, 0.15) is 0 Å². The lowest BCUT2D eigenvalue weighted by atomic mass is 10.00. The van der Waals surface area contributed by atoms with Crippen LogP contribution in [0.2, 0.25) is 0 Å². The molecule has 0 aliphatic carbocycles. The molecule has 0 radical (unpaired) electrons. The van der Waals surface area contributed by atoms with E-state index in [1.54, 1.807) is 18.2 Å². The number of nitro groups is 1. The number of rotatable bonds is 5. The minimum atomic E-state index is -0.458. The largest absolute Gasteiger partial charge is 0.346 e. The number of non-ortho nitro benzene ring substituents is 1. The zero-order valence-electron chi connectivity index (χ0n) is 13.9. The Kier molecular flexibility index (Phi) is 5.47. The molecule has 5 heteroatoms. The highest BCUT2D eigenvalue weighted by molar-refractivity contribution is 5.92. The van der Waals surface area contributed by atoms with Crippen LogP contribution >= 0.6 is 0 Å². The number of amides is 1. The molecule has 1 atom stereocenters. The molecule has 5 nitrogen and oxygen atoms in total. The smallest absolute Gasteiger partial charge is 0.270 e. The summed E-state index contributed by atoms with van der Waals surface area (Å²) in [5.74, 6) is -0.241. The number of nitrogens with zero attached hydrogens (tertiary/aromatic N) is 1. The number of carbonyl (C=O) groups is 1. The van der Waals surface area contributed by atoms with Crippen molar-refractivity contribution in [3.63, 3.8) is 0 Å². The van der Waals surface area contributed by atoms with E-state index in [-0.39, 0.29) is 17.6 Å². The van der Waals surface area contributed by atoms with Crippen molar-refractivity contribution in [3.05, 3.63) is 80.9 Å². The zero-order valence-corrected chi connectivity index (χ0v) is 13.9. The number of carbonyl (C=O) groups excluding carboxylic acids is 1. The van der Waals surface area contributed by atoms with Gasteiger partial charge < -0.3 is 5.32 Å². The van der Waals surface area contributed by atoms with Crippen molar-refractivity contribution in [2.24, 2.45) is 0 Å². The third-order valence-electron chi connectivity index (χ3n) is 3.77. The summed E-state index contributed by atoms with van der Waals surface area (Å²) in [7, 11) is 0. The number of hydrogen-bond donors (Lipinski definition) is 1. The molecule has 24 heavy (non-hydrogen) atoms. The quantitative estimate of drug-likeness (QED) is 0.511. The van der Waals surface area contributed by atoms with Crippen molar-refractivity contribution in [2.75, 3.05) is 0 Å². The number of nitro benzene ring substituents is 1. The second-order valence-corrected chi connectivity index (χ2v) is 5.78. The molecule has 0 aliphatic rings. The average Bonchev–Trinajstić information content (AvgIpc) is 2.55. The van der Waals surface area contributed by atoms with Crippen molar-refractivity contribution in [1.82, 2.24) is 5.32 Å². The third kappa shape index (κ3) is 4.52. The second-order valence-electron chi connectivity index (χ2n) is 5.78. The van der Waals surface area contributed by atoms with E-state index in [0.717, 1.165) is 16.7 Å². The number of aryl methyl sites for hydroxylation is 2. The van der Waals surface area contributed by atoms with Gasteiger partial charge in [0, 0.05) is 18.2 Å². The lowest BCUT2D eigenvalue weighted by Gasteiger charge is -2.16. The molecule has 124 valence electrons. The van der Waals surface area contributed by atoms with Crippen LogP contribution in [0, 0.1) is 24.0 Å². The van der Waals surface area contributed by atoms with Gasteiger partial charge in [0.05, 0.1) is 11.0 Å². The fourth-order valence-electron chi connectivity index (χ4n) is 2.48. The first-order chi connectivity index (χ1) is 11.4. The SMILES string of the molecule is Cc1ccc(C)c(C(C)NC(=O)/C=C/c2cccc([N+](=O)[O-])c2)c1. The van der Waals surface area contributed by atoms with Crippen LogP contribution in [0.25, 0.3) is 6.08 Å². The van der Waals surface area contributed by atoms with Gasteiger partial charge in [-0.15, -0.1) is 0 Å². The van der Waals surface area contributed by atoms with Crippen LogP contribution in [0.4, 0.5) is 5.69 Å². The van der Waals surface area contributed by atoms with Gasteiger partial charge in [-0.3, -0.25) is 14.9 Å². The summed E-state index contributed by atoms with van der Waals surface area (Å²) in [5.41, 5.74) is 3.95. The molecule has 0 saturated heterocycles. The molecule has 0 bridgehead atoms. The Morgan fingerprint density at radius 1 is 1.21 bits per heavy atom. The van der Waals surface area contributed by atoms with Crippen LogP contribution in [0.3, 0.4) is 0 Å². The van der Waals surface area contributed by atoms with E-state index < -0.39 is 4.92 Å². The summed E-state index contributed by atoms with van der Waals surface area (Å²) in [5, 5.41) is 13.7. The minimum absolute atomic E-state index is 0.00121. The second kappa shape index (κ2) is 7.55. The van der Waals surface area contributed by atoms with Gasteiger partial charge >= 0.3 is 0 Å². The molecule has 2 aromatic rings. The van der Waals surface area contributed by atoms with E-state index in [4.69, 9.17) is 0 Å². The third-order valence-corrected chi connectivity index (χ3v) is 3.77. The van der Waals surface area contributed by atoms with Crippen LogP contribution in [-0.4, -0.2) is 10.8 Å². The van der Waals surface area contributed by atoms with Crippen LogP contribution in [-0.2, 0) is 4.79 Å². The Balaban J connectivity index is 2.06. The van der Waals surface area contributed by atoms with Gasteiger partial charge in [-0.1, -0.05) is 35.9 Å². The first-order valence-electron chi connectivity index (χ1n) is 7.67. The molecule has 2 aromatic carbocycles. The summed E-state index contributed by atoms with van der Waals surface area (Å²) in [6.45, 7) is 5.96. The van der Waals surface area contributed by atoms with Gasteiger partial charge in [0.2, 0.25) is 5.91 Å². The average molecular weight is 324 g/mol. The van der Waals surface area contributed by atoms with Gasteiger partial charge in [-0.05, 0) is 43.5 Å². The van der Waals surface area contributed by atoms with Crippen LogP contribution in [0.1, 0.15) is 35.2 Å². The lowest BCUT2D eigenvalue weighted by Crippen LogP contribution is -2.25. The van der Waals surface area contributed by atoms with Crippen molar-refractivity contribution < 1.29 is 9.72 Å². The first-order valence-corrected chi connectivity index (χ1v) is 7.67. The Labute approximate surface area is 141 Å². The van der Waals surface area contributed by atoms with Crippen molar-refractivity contribution >= 4 is 17.7 Å². The maximum Gasteiger partial charge on any atom is 0.270 e. The van der Waals surface area contributed by atoms with Gasteiger partial charge in [0.25, 0.3) is 5.69 Å². The number of hydrogen-bond acceptors (Lipinski definition) is 3. The highest BCUT2D eigenvalue weighted by Gasteiger charge is 2.10. The maximum absolute atomic E-state index is 12.1. The topological polar surface area (TPSA) is 72.2 Å². The Bertz CT molecular complexity index is 797. The van der Waals surface area contributed by atoms with E-state index in [9.17, 15) is 14.9 Å². The van der Waals surface area contributed by atoms with Gasteiger partial charge in [0.15, 0.2) is 0 Å². The van der Waals surface area contributed by atoms with E-state index in [2.05, 4.69) is 11.4 Å². The first kappa shape index (κ1) is 17.4. The van der Waals surface area contributed by atoms with Crippen molar-refractivity contribution in [3.8, 4) is 0 Å². The zero-order chi connectivity index (χ0) is 17.7. The molecule has 0 fully saturated rings. The predicted molar refractivity (Wildman–Crippen MR) is 94.6 cm³/mol. The van der Waals surface area contributed by atoms with Crippen molar-refractivity contribution in [2.45, 2.75) is 26.8 Å². The van der Waals surface area contributed by atoms with E-state index in [1.165, 1.54) is 18.2 Å². The standard InChI is InChI=1S/C19H20N2O3/c1-13-7-8-14(2)18(11-13)15(3)20-19(22)10-9-16-5-4-6-17(12-16)21(23)24/h4-12,15H,1-3H3,(H,20,22)/b10-9+. The fraction of sp³-hybridized carbons (Fsp3) is 0.211. The van der Waals surface area contributed by atoms with Gasteiger partial charge in [-0.25, -0.2) is 0 Å². The Morgan fingerprint density at radius 3 is 2.67 bits per heavy atom. The molecule has 1 N–H and O–H groups in total. The van der Waals surface area contributed by atoms with E-state index in [0.29, 0.717) is 5.56 Å². The highest BCUT2D eigenvalue weighted by atomic mass is 16.6. The predicted octanol–water partition coefficient (Wildman–Crippen LogP) is 4.10. The van der Waals surface area contributed by atoms with Crippen LogP contribution in [0.15, 0.2) is 48.5 Å². The van der Waals surface area contributed by atoms with Crippen LogP contribution < -0.4 is 5.32 Å². The molecule has 0 aliphatic heterocycles. The summed E-state index contributed by atoms with van der Waals surface area (Å²) in [6.07, 6.45) is 2.96. The molecular formula is C19H20N2O3. The summed E-state index contributed by atoms with van der Waals surface area (Å²) in [6, 6.07) is 12.2. The van der Waals surface area contributed by atoms with Gasteiger partial charge in [-0.2, -0.15) is 0 Å². The normalized spacial score (nSPS) is 12.1. The Hall–Kier alpha value is -2.95. The Morgan fingerprint density at radius 2 is 1.96 bits per heavy atom. The lowest BCUT2D eigenvalue weighted by molar-refractivity contribution is -0.384. The fourth-order valence-corrected chi connectivity index (χ4v) is 2.48. The number of nitrogens with one attached hydrogen (secondary N) is 1. The van der Waals surface area contributed by atoms with E-state index >= 15 is 0 Å².